The van der Waals surface area contributed by atoms with Crippen LogP contribution in [0.25, 0.3) is 11.1 Å². The number of hydrogen-bond donors (Lipinski definition) is 2. The van der Waals surface area contributed by atoms with Crippen molar-refractivity contribution >= 4 is 46.2 Å². The van der Waals surface area contributed by atoms with Crippen molar-refractivity contribution in [3.63, 3.8) is 0 Å². The molecule has 6 nitrogen and oxygen atoms in total. The van der Waals surface area contributed by atoms with E-state index in [0.29, 0.717) is 33.8 Å². The van der Waals surface area contributed by atoms with Gasteiger partial charge in [-0.1, -0.05) is 72.2 Å². The monoisotopic (exact) mass is 664 g/mol. The molecule has 1 saturated carbocycles. The maximum atomic E-state index is 13.4. The number of ether oxygens (including phenoxy) is 1. The van der Waals surface area contributed by atoms with Crippen LogP contribution in [0.15, 0.2) is 42.5 Å². The lowest BCUT2D eigenvalue weighted by atomic mass is 9.93. The molecule has 1 unspecified atom stereocenters. The first-order valence-corrected chi connectivity index (χ1v) is 16.7. The van der Waals surface area contributed by atoms with Crippen LogP contribution in [0.5, 0.6) is 0 Å². The summed E-state index contributed by atoms with van der Waals surface area (Å²) in [5.74, 6) is -0.684. The van der Waals surface area contributed by atoms with E-state index in [4.69, 9.17) is 4.74 Å². The van der Waals surface area contributed by atoms with Crippen molar-refractivity contribution < 1.29 is 19.4 Å². The molecule has 2 aromatic carbocycles. The Morgan fingerprint density at radius 3 is 2.64 bits per heavy atom. The molecule has 0 spiro atoms. The van der Waals surface area contributed by atoms with Gasteiger partial charge in [-0.25, -0.2) is 4.79 Å². The van der Waals surface area contributed by atoms with Gasteiger partial charge >= 0.3 is 5.97 Å². The second-order valence-electron chi connectivity index (χ2n) is 10.9. The van der Waals surface area contributed by atoms with E-state index < -0.39 is 12.0 Å². The first-order chi connectivity index (χ1) is 18.9. The summed E-state index contributed by atoms with van der Waals surface area (Å²) in [4.78, 5) is 27.7. The molecule has 0 bridgehead atoms. The molecule has 0 aromatic heterocycles. The largest absolute Gasteiger partial charge is 0.480 e. The van der Waals surface area contributed by atoms with E-state index in [1.54, 1.807) is 11.8 Å². The predicted molar refractivity (Wildman–Crippen MR) is 168 cm³/mol. The van der Waals surface area contributed by atoms with Crippen LogP contribution in [0.4, 0.5) is 0 Å². The smallest absolute Gasteiger partial charge is 0.326 e. The van der Waals surface area contributed by atoms with Gasteiger partial charge in [-0.05, 0) is 79.0 Å². The van der Waals surface area contributed by atoms with Crippen LogP contribution in [0.3, 0.4) is 0 Å². The minimum atomic E-state index is -1.00. The maximum absolute atomic E-state index is 13.4. The fraction of sp³-hybridized carbons (Fsp3) is 0.548. The normalized spacial score (nSPS) is 21.1. The number of benzene rings is 2. The minimum Gasteiger partial charge on any atom is -0.480 e. The Hall–Kier alpha value is -1.62. The summed E-state index contributed by atoms with van der Waals surface area (Å²) >= 11 is 4.13. The lowest BCUT2D eigenvalue weighted by molar-refractivity contribution is -0.139. The first-order valence-electron chi connectivity index (χ1n) is 14.1. The number of carboxylic acids is 1. The van der Waals surface area contributed by atoms with Crippen LogP contribution in [-0.4, -0.2) is 69.2 Å². The quantitative estimate of drug-likeness (QED) is 0.204. The predicted octanol–water partition coefficient (Wildman–Crippen LogP) is 6.33. The Kier molecular flexibility index (Phi) is 11.6. The number of aryl methyl sites for hydroxylation is 1. The Bertz CT molecular complexity index is 1120. The van der Waals surface area contributed by atoms with Crippen molar-refractivity contribution in [2.24, 2.45) is 0 Å². The lowest BCUT2D eigenvalue weighted by Crippen LogP contribution is -2.41. The van der Waals surface area contributed by atoms with E-state index >= 15 is 0 Å². The van der Waals surface area contributed by atoms with Gasteiger partial charge in [0.25, 0.3) is 5.91 Å². The summed E-state index contributed by atoms with van der Waals surface area (Å²) in [6, 6.07) is 13.5. The number of amides is 1. The maximum Gasteiger partial charge on any atom is 0.326 e. The third-order valence-corrected chi connectivity index (χ3v) is 9.46. The zero-order valence-electron chi connectivity index (χ0n) is 23.0. The van der Waals surface area contributed by atoms with E-state index in [-0.39, 0.29) is 5.91 Å². The lowest BCUT2D eigenvalue weighted by Gasteiger charge is -2.28. The van der Waals surface area contributed by atoms with E-state index in [2.05, 4.69) is 38.9 Å². The molecule has 2 fully saturated rings. The van der Waals surface area contributed by atoms with Gasteiger partial charge in [0.05, 0.1) is 12.7 Å². The number of thioether (sulfide) groups is 1. The molecular formula is C31H41IN2O4S. The van der Waals surface area contributed by atoms with Gasteiger partial charge in [0.15, 0.2) is 0 Å². The number of carboxylic acid groups (broad SMARTS) is 1. The molecule has 2 N–H and O–H groups in total. The van der Waals surface area contributed by atoms with Crippen LogP contribution in [0, 0.1) is 6.92 Å². The van der Waals surface area contributed by atoms with Crippen molar-refractivity contribution in [2.75, 3.05) is 25.2 Å². The van der Waals surface area contributed by atoms with E-state index in [9.17, 15) is 14.7 Å². The number of rotatable bonds is 12. The Morgan fingerprint density at radius 2 is 1.92 bits per heavy atom. The molecule has 8 heteroatoms. The summed E-state index contributed by atoms with van der Waals surface area (Å²) in [6.07, 6.45) is 10.1. The van der Waals surface area contributed by atoms with Gasteiger partial charge in [0, 0.05) is 28.6 Å². The van der Waals surface area contributed by atoms with Crippen LogP contribution in [-0.2, 0) is 16.1 Å². The highest BCUT2D eigenvalue weighted by Gasteiger charge is 2.32. The van der Waals surface area contributed by atoms with Crippen molar-refractivity contribution in [1.82, 2.24) is 10.2 Å². The average Bonchev–Trinajstić information content (AvgIpc) is 3.28. The van der Waals surface area contributed by atoms with Gasteiger partial charge in [-0.3, -0.25) is 9.69 Å². The molecule has 1 heterocycles. The average molecular weight is 665 g/mol. The van der Waals surface area contributed by atoms with Gasteiger partial charge in [-0.15, -0.1) is 0 Å². The number of nitrogens with zero attached hydrogens (tertiary/aromatic N) is 1. The van der Waals surface area contributed by atoms with Crippen molar-refractivity contribution in [1.29, 1.82) is 0 Å². The van der Waals surface area contributed by atoms with E-state index in [0.717, 1.165) is 48.4 Å². The number of alkyl halides is 1. The van der Waals surface area contributed by atoms with E-state index in [1.807, 2.05) is 49.6 Å². The van der Waals surface area contributed by atoms with Crippen LogP contribution in [0.1, 0.15) is 66.4 Å². The van der Waals surface area contributed by atoms with Crippen molar-refractivity contribution in [2.45, 2.75) is 80.5 Å². The van der Waals surface area contributed by atoms with Gasteiger partial charge in [0.2, 0.25) is 0 Å². The Balaban J connectivity index is 1.55. The Labute approximate surface area is 250 Å². The van der Waals surface area contributed by atoms with Crippen molar-refractivity contribution in [3.05, 3.63) is 59.2 Å². The second kappa shape index (κ2) is 14.8. The number of likely N-dealkylation sites (tertiary alicyclic amines) is 1. The van der Waals surface area contributed by atoms with E-state index in [1.165, 1.54) is 32.1 Å². The highest BCUT2D eigenvalue weighted by Crippen LogP contribution is 2.31. The number of hydrogen-bond acceptors (Lipinski definition) is 5. The van der Waals surface area contributed by atoms with Gasteiger partial charge in [-0.2, -0.15) is 11.8 Å². The van der Waals surface area contributed by atoms with Crippen LogP contribution >= 0.6 is 34.4 Å². The molecule has 1 saturated heterocycles. The molecule has 1 aliphatic carbocycles. The highest BCUT2D eigenvalue weighted by molar-refractivity contribution is 14.1. The summed E-state index contributed by atoms with van der Waals surface area (Å²) in [7, 11) is 0. The number of aliphatic carboxylic acids is 1. The Morgan fingerprint density at radius 1 is 1.15 bits per heavy atom. The number of carbonyl (C=O) groups is 2. The fourth-order valence-electron chi connectivity index (χ4n) is 5.72. The molecule has 2 aromatic rings. The summed E-state index contributed by atoms with van der Waals surface area (Å²) in [5, 5.41) is 12.4. The van der Waals surface area contributed by atoms with Crippen LogP contribution in [0.2, 0.25) is 0 Å². The first kappa shape index (κ1) is 30.3. The SMILES string of the molecule is CSCC[C@H](NC(=O)c1ccc(CN2CC(I)C[C@@H]2COC2CCCCC2)cc1-c1ccccc1C)C(=O)O. The van der Waals surface area contributed by atoms with Gasteiger partial charge < -0.3 is 15.2 Å². The third kappa shape index (κ3) is 8.44. The molecule has 2 aliphatic rings. The zero-order valence-corrected chi connectivity index (χ0v) is 26.0. The van der Waals surface area contributed by atoms with Gasteiger partial charge in [0.1, 0.15) is 6.04 Å². The molecule has 3 atom stereocenters. The zero-order chi connectivity index (χ0) is 27.8. The topological polar surface area (TPSA) is 78.9 Å². The van der Waals surface area contributed by atoms with Crippen LogP contribution < -0.4 is 5.32 Å². The fourth-order valence-corrected chi connectivity index (χ4v) is 7.28. The molecular weight excluding hydrogens is 623 g/mol. The standard InChI is InChI=1S/C31H41IN2O4S/c1-21-8-6-7-11-26(21)28-16-22(12-13-27(28)30(35)33-29(31(36)37)14-15-39-2)18-34-19-23(32)17-24(34)20-38-25-9-4-3-5-10-25/h6-8,11-13,16,23-25,29H,3-5,9-10,14-15,17-20H2,1-2H3,(H,33,35)(H,36,37)/t23?,24-,29+/m1/s1. The number of nitrogens with one attached hydrogen (secondary N) is 1. The van der Waals surface area contributed by atoms with Crippen molar-refractivity contribution in [3.8, 4) is 11.1 Å². The number of halogens is 1. The third-order valence-electron chi connectivity index (χ3n) is 7.92. The summed E-state index contributed by atoms with van der Waals surface area (Å²) in [6.45, 7) is 4.64. The molecule has 4 rings (SSSR count). The molecule has 39 heavy (non-hydrogen) atoms. The molecule has 1 aliphatic heterocycles. The number of carbonyl (C=O) groups excluding carboxylic acids is 1. The summed E-state index contributed by atoms with van der Waals surface area (Å²) in [5.41, 5.74) is 4.57. The molecule has 1 amide bonds. The molecule has 212 valence electrons. The summed E-state index contributed by atoms with van der Waals surface area (Å²) < 4.78 is 6.97. The minimum absolute atomic E-state index is 0.347. The second-order valence-corrected chi connectivity index (χ2v) is 13.6. The highest BCUT2D eigenvalue weighted by atomic mass is 127. The molecule has 0 radical (unpaired) electrons.